The second-order valence-electron chi connectivity index (χ2n) is 6.72. The molecule has 0 saturated heterocycles. The highest BCUT2D eigenvalue weighted by molar-refractivity contribution is 5.77. The second-order valence-corrected chi connectivity index (χ2v) is 6.72. The maximum absolute atomic E-state index is 4.84. The van der Waals surface area contributed by atoms with Gasteiger partial charge in [0.1, 0.15) is 5.82 Å². The summed E-state index contributed by atoms with van der Waals surface area (Å²) in [5.74, 6) is 1.18. The number of hydrogen-bond acceptors (Lipinski definition) is 2. The molecule has 1 N–H and O–H groups in total. The van der Waals surface area contributed by atoms with Gasteiger partial charge < -0.3 is 9.88 Å². The molecule has 0 bridgehead atoms. The monoisotopic (exact) mass is 257 g/mol. The number of nitrogens with one attached hydrogen (secondary N) is 1. The van der Waals surface area contributed by atoms with Crippen LogP contribution in [0.1, 0.15) is 51.0 Å². The fourth-order valence-electron chi connectivity index (χ4n) is 2.47. The zero-order chi connectivity index (χ0) is 13.6. The number of hydrogen-bond donors (Lipinski definition) is 1. The summed E-state index contributed by atoms with van der Waals surface area (Å²) in [5, 5.41) is 3.55. The minimum Gasteiger partial charge on any atom is -0.324 e. The standard InChI is InChI=1S/C16H23N3/c1-11-5-8-14-13(9-11)18-15(10-17-16(2,3)4)19(14)12-6-7-12/h5,8-9,12,17H,6-7,10H2,1-4H3. The minimum absolute atomic E-state index is 0.127. The Morgan fingerprint density at radius 3 is 2.68 bits per heavy atom. The third kappa shape index (κ3) is 2.66. The van der Waals surface area contributed by atoms with E-state index >= 15 is 0 Å². The SMILES string of the molecule is Cc1ccc2c(c1)nc(CNC(C)(C)C)n2C1CC1. The van der Waals surface area contributed by atoms with Gasteiger partial charge in [-0.15, -0.1) is 0 Å². The smallest absolute Gasteiger partial charge is 0.124 e. The van der Waals surface area contributed by atoms with E-state index in [4.69, 9.17) is 4.98 Å². The van der Waals surface area contributed by atoms with Crippen LogP contribution in [0.4, 0.5) is 0 Å². The molecular formula is C16H23N3. The molecule has 0 atom stereocenters. The largest absolute Gasteiger partial charge is 0.324 e. The summed E-state index contributed by atoms with van der Waals surface area (Å²) >= 11 is 0. The molecule has 1 saturated carbocycles. The average molecular weight is 257 g/mol. The molecule has 1 aromatic carbocycles. The van der Waals surface area contributed by atoms with Gasteiger partial charge in [0.05, 0.1) is 17.6 Å². The predicted molar refractivity (Wildman–Crippen MR) is 79.3 cm³/mol. The lowest BCUT2D eigenvalue weighted by atomic mass is 10.1. The first-order valence-electron chi connectivity index (χ1n) is 7.16. The number of nitrogens with zero attached hydrogens (tertiary/aromatic N) is 2. The lowest BCUT2D eigenvalue weighted by molar-refractivity contribution is 0.412. The molecule has 3 rings (SSSR count). The van der Waals surface area contributed by atoms with Crippen LogP contribution in [-0.2, 0) is 6.54 Å². The summed E-state index contributed by atoms with van der Waals surface area (Å²) < 4.78 is 2.44. The first-order valence-corrected chi connectivity index (χ1v) is 7.16. The molecule has 1 aliphatic carbocycles. The highest BCUT2D eigenvalue weighted by Gasteiger charge is 2.28. The van der Waals surface area contributed by atoms with Crippen molar-refractivity contribution in [2.24, 2.45) is 0 Å². The van der Waals surface area contributed by atoms with Gasteiger partial charge in [-0.25, -0.2) is 4.98 Å². The van der Waals surface area contributed by atoms with Crippen LogP contribution in [0, 0.1) is 6.92 Å². The first kappa shape index (κ1) is 12.7. The molecule has 0 spiro atoms. The molecule has 1 heterocycles. The van der Waals surface area contributed by atoms with Crippen LogP contribution in [0.2, 0.25) is 0 Å². The maximum Gasteiger partial charge on any atom is 0.124 e. The van der Waals surface area contributed by atoms with Crippen LogP contribution >= 0.6 is 0 Å². The molecule has 0 radical (unpaired) electrons. The fraction of sp³-hybridized carbons (Fsp3) is 0.562. The van der Waals surface area contributed by atoms with Gasteiger partial charge in [0.2, 0.25) is 0 Å². The van der Waals surface area contributed by atoms with E-state index in [9.17, 15) is 0 Å². The number of rotatable bonds is 3. The Hall–Kier alpha value is -1.35. The Morgan fingerprint density at radius 1 is 1.32 bits per heavy atom. The molecule has 0 aliphatic heterocycles. The van der Waals surface area contributed by atoms with Crippen molar-refractivity contribution < 1.29 is 0 Å². The molecule has 19 heavy (non-hydrogen) atoms. The Balaban J connectivity index is 2.00. The van der Waals surface area contributed by atoms with Crippen LogP contribution in [-0.4, -0.2) is 15.1 Å². The second kappa shape index (κ2) is 4.34. The van der Waals surface area contributed by atoms with E-state index in [1.54, 1.807) is 0 Å². The Morgan fingerprint density at radius 2 is 2.05 bits per heavy atom. The van der Waals surface area contributed by atoms with Crippen molar-refractivity contribution in [1.82, 2.24) is 14.9 Å². The molecule has 1 aliphatic rings. The molecule has 0 amide bonds. The van der Waals surface area contributed by atoms with Crippen molar-refractivity contribution in [2.75, 3.05) is 0 Å². The molecule has 1 fully saturated rings. The van der Waals surface area contributed by atoms with E-state index in [2.05, 4.69) is 55.8 Å². The molecular weight excluding hydrogens is 234 g/mol. The highest BCUT2D eigenvalue weighted by Crippen LogP contribution is 2.38. The van der Waals surface area contributed by atoms with Crippen molar-refractivity contribution in [1.29, 1.82) is 0 Å². The summed E-state index contributed by atoms with van der Waals surface area (Å²) in [6.45, 7) is 9.56. The van der Waals surface area contributed by atoms with Crippen LogP contribution in [0.5, 0.6) is 0 Å². The van der Waals surface area contributed by atoms with Crippen molar-refractivity contribution in [3.05, 3.63) is 29.6 Å². The normalized spacial score (nSPS) is 16.2. The quantitative estimate of drug-likeness (QED) is 0.911. The highest BCUT2D eigenvalue weighted by atomic mass is 15.2. The zero-order valence-electron chi connectivity index (χ0n) is 12.3. The summed E-state index contributed by atoms with van der Waals surface area (Å²) in [7, 11) is 0. The lowest BCUT2D eigenvalue weighted by Gasteiger charge is -2.20. The van der Waals surface area contributed by atoms with Gasteiger partial charge >= 0.3 is 0 Å². The van der Waals surface area contributed by atoms with E-state index in [0.29, 0.717) is 6.04 Å². The van der Waals surface area contributed by atoms with Crippen LogP contribution in [0.3, 0.4) is 0 Å². The summed E-state index contributed by atoms with van der Waals surface area (Å²) in [4.78, 5) is 4.84. The number of fused-ring (bicyclic) bond motifs is 1. The van der Waals surface area contributed by atoms with Gasteiger partial charge in [-0.2, -0.15) is 0 Å². The Kier molecular flexibility index (Phi) is 2.90. The number of aryl methyl sites for hydroxylation is 1. The molecule has 0 unspecified atom stereocenters. The lowest BCUT2D eigenvalue weighted by Crippen LogP contribution is -2.35. The van der Waals surface area contributed by atoms with E-state index in [1.807, 2.05) is 0 Å². The third-order valence-corrected chi connectivity index (χ3v) is 3.61. The first-order chi connectivity index (χ1) is 8.94. The number of imidazole rings is 1. The zero-order valence-corrected chi connectivity index (χ0v) is 12.3. The van der Waals surface area contributed by atoms with Gasteiger partial charge in [0.25, 0.3) is 0 Å². The Labute approximate surface area is 115 Å². The molecule has 3 heteroatoms. The molecule has 2 aromatic rings. The minimum atomic E-state index is 0.127. The van der Waals surface area contributed by atoms with Crippen molar-refractivity contribution in [3.8, 4) is 0 Å². The molecule has 3 nitrogen and oxygen atoms in total. The van der Waals surface area contributed by atoms with Gasteiger partial charge in [-0.3, -0.25) is 0 Å². The van der Waals surface area contributed by atoms with Crippen molar-refractivity contribution in [3.63, 3.8) is 0 Å². The molecule has 1 aromatic heterocycles. The fourth-order valence-corrected chi connectivity index (χ4v) is 2.47. The van der Waals surface area contributed by atoms with E-state index < -0.39 is 0 Å². The summed E-state index contributed by atoms with van der Waals surface area (Å²) in [5.41, 5.74) is 3.84. The molecule has 102 valence electrons. The van der Waals surface area contributed by atoms with Crippen LogP contribution in [0.25, 0.3) is 11.0 Å². The number of aromatic nitrogens is 2. The summed E-state index contributed by atoms with van der Waals surface area (Å²) in [6, 6.07) is 7.26. The Bertz CT molecular complexity index is 600. The van der Waals surface area contributed by atoms with E-state index in [-0.39, 0.29) is 5.54 Å². The van der Waals surface area contributed by atoms with Crippen molar-refractivity contribution in [2.45, 2.75) is 58.7 Å². The average Bonchev–Trinajstić information content (AvgIpc) is 3.07. The van der Waals surface area contributed by atoms with Gasteiger partial charge in [0, 0.05) is 11.6 Å². The van der Waals surface area contributed by atoms with Crippen LogP contribution < -0.4 is 5.32 Å². The van der Waals surface area contributed by atoms with E-state index in [1.165, 1.54) is 29.7 Å². The van der Waals surface area contributed by atoms with Gasteiger partial charge in [-0.05, 0) is 58.2 Å². The number of benzene rings is 1. The van der Waals surface area contributed by atoms with Crippen LogP contribution in [0.15, 0.2) is 18.2 Å². The topological polar surface area (TPSA) is 29.9 Å². The maximum atomic E-state index is 4.84. The third-order valence-electron chi connectivity index (χ3n) is 3.61. The van der Waals surface area contributed by atoms with Gasteiger partial charge in [-0.1, -0.05) is 6.07 Å². The van der Waals surface area contributed by atoms with Gasteiger partial charge in [0.15, 0.2) is 0 Å². The van der Waals surface area contributed by atoms with Crippen molar-refractivity contribution >= 4 is 11.0 Å². The summed E-state index contributed by atoms with van der Waals surface area (Å²) in [6.07, 6.45) is 2.59. The predicted octanol–water partition coefficient (Wildman–Crippen LogP) is 3.57. The van der Waals surface area contributed by atoms with E-state index in [0.717, 1.165) is 12.1 Å².